The normalized spacial score (nSPS) is 10.4. The molecule has 0 radical (unpaired) electrons. The number of benzene rings is 2. The third kappa shape index (κ3) is 3.51. The summed E-state index contributed by atoms with van der Waals surface area (Å²) in [4.78, 5) is 10.6. The minimum Gasteiger partial charge on any atom is -0.449 e. The van der Waals surface area contributed by atoms with Gasteiger partial charge in [-0.05, 0) is 35.7 Å². The lowest BCUT2D eigenvalue weighted by Gasteiger charge is -2.09. The second kappa shape index (κ2) is 6.56. The van der Waals surface area contributed by atoms with Crippen LogP contribution in [0.3, 0.4) is 0 Å². The zero-order chi connectivity index (χ0) is 15.4. The number of ether oxygens (including phenoxy) is 1. The van der Waals surface area contributed by atoms with E-state index in [1.54, 1.807) is 30.3 Å². The van der Waals surface area contributed by atoms with E-state index in [4.69, 9.17) is 21.4 Å². The van der Waals surface area contributed by atoms with Crippen LogP contribution in [0.25, 0.3) is 0 Å². The fraction of sp³-hybridized carbons (Fsp3) is 0.200. The number of hydrogen-bond donors (Lipinski definition) is 1. The molecule has 0 unspecified atom stereocenters. The van der Waals surface area contributed by atoms with Gasteiger partial charge in [0.2, 0.25) is 5.75 Å². The van der Waals surface area contributed by atoms with E-state index in [2.05, 4.69) is 0 Å². The maximum absolute atomic E-state index is 11.1. The van der Waals surface area contributed by atoms with Crippen LogP contribution in [0.4, 0.5) is 5.69 Å². The van der Waals surface area contributed by atoms with E-state index >= 15 is 0 Å². The minimum absolute atomic E-state index is 0.100. The Morgan fingerprint density at radius 2 is 1.86 bits per heavy atom. The van der Waals surface area contributed by atoms with E-state index in [0.29, 0.717) is 17.7 Å². The molecule has 0 aliphatic heterocycles. The number of nitro benzene ring substituents is 1. The Balaban J connectivity index is 2.37. The van der Waals surface area contributed by atoms with Crippen LogP contribution in [0.2, 0.25) is 5.02 Å². The molecule has 0 fully saturated rings. The number of nitrogens with zero attached hydrogens (tertiary/aromatic N) is 1. The van der Waals surface area contributed by atoms with Gasteiger partial charge < -0.3 is 9.84 Å². The highest BCUT2D eigenvalue weighted by atomic mass is 35.5. The van der Waals surface area contributed by atoms with Crippen molar-refractivity contribution in [3.8, 4) is 11.5 Å². The highest BCUT2D eigenvalue weighted by Crippen LogP contribution is 2.35. The van der Waals surface area contributed by atoms with E-state index < -0.39 is 4.92 Å². The van der Waals surface area contributed by atoms with Crippen LogP contribution in [0, 0.1) is 10.1 Å². The van der Waals surface area contributed by atoms with Gasteiger partial charge in [0, 0.05) is 6.07 Å². The number of hydrogen-bond acceptors (Lipinski definition) is 4. The van der Waals surface area contributed by atoms with Crippen LogP contribution >= 0.6 is 11.6 Å². The Kier molecular flexibility index (Phi) is 4.77. The predicted molar refractivity (Wildman–Crippen MR) is 79.9 cm³/mol. The topological polar surface area (TPSA) is 72.6 Å². The molecule has 21 heavy (non-hydrogen) atoms. The molecule has 0 aliphatic carbocycles. The first-order chi connectivity index (χ1) is 10.0. The van der Waals surface area contributed by atoms with E-state index in [0.717, 1.165) is 5.56 Å². The molecule has 2 rings (SSSR count). The van der Waals surface area contributed by atoms with Crippen molar-refractivity contribution < 1.29 is 14.8 Å². The lowest BCUT2D eigenvalue weighted by molar-refractivity contribution is -0.385. The quantitative estimate of drug-likeness (QED) is 0.667. The Hall–Kier alpha value is -2.11. The first-order valence-electron chi connectivity index (χ1n) is 6.39. The molecule has 0 saturated carbocycles. The molecule has 0 spiro atoms. The van der Waals surface area contributed by atoms with Crippen molar-refractivity contribution in [3.63, 3.8) is 0 Å². The van der Waals surface area contributed by atoms with E-state index in [1.165, 1.54) is 6.07 Å². The molecule has 110 valence electrons. The summed E-state index contributed by atoms with van der Waals surface area (Å²) in [6.45, 7) is 1.79. The number of halogens is 1. The molecule has 0 amide bonds. The van der Waals surface area contributed by atoms with Gasteiger partial charge in [-0.15, -0.1) is 0 Å². The average molecular weight is 308 g/mol. The molecular formula is C15H14ClNO4. The first kappa shape index (κ1) is 15.3. The Bertz CT molecular complexity index is 673. The highest BCUT2D eigenvalue weighted by molar-refractivity contribution is 6.32. The van der Waals surface area contributed by atoms with Crippen molar-refractivity contribution in [2.24, 2.45) is 0 Å². The largest absolute Gasteiger partial charge is 0.449 e. The van der Waals surface area contributed by atoms with E-state index in [-0.39, 0.29) is 23.1 Å². The third-order valence-corrected chi connectivity index (χ3v) is 3.32. The fourth-order valence-corrected chi connectivity index (χ4v) is 2.10. The van der Waals surface area contributed by atoms with Crippen molar-refractivity contribution in [1.29, 1.82) is 0 Å². The second-order valence-corrected chi connectivity index (χ2v) is 4.84. The van der Waals surface area contributed by atoms with Gasteiger partial charge in [-0.25, -0.2) is 0 Å². The van der Waals surface area contributed by atoms with Gasteiger partial charge in [-0.2, -0.15) is 0 Å². The third-order valence-electron chi connectivity index (χ3n) is 3.03. The molecule has 5 nitrogen and oxygen atoms in total. The number of aryl methyl sites for hydroxylation is 1. The summed E-state index contributed by atoms with van der Waals surface area (Å²) in [6, 6.07) is 9.61. The van der Waals surface area contributed by atoms with E-state index in [1.807, 2.05) is 6.92 Å². The van der Waals surface area contributed by atoms with Gasteiger partial charge in [0.05, 0.1) is 16.6 Å². The van der Waals surface area contributed by atoms with Gasteiger partial charge in [0.15, 0.2) is 0 Å². The number of rotatable bonds is 5. The fourth-order valence-electron chi connectivity index (χ4n) is 1.86. The average Bonchev–Trinajstić information content (AvgIpc) is 2.49. The van der Waals surface area contributed by atoms with Crippen LogP contribution in [0.5, 0.6) is 11.5 Å². The van der Waals surface area contributed by atoms with Crippen LogP contribution in [0.1, 0.15) is 18.1 Å². The van der Waals surface area contributed by atoms with Crippen LogP contribution < -0.4 is 4.74 Å². The van der Waals surface area contributed by atoms with Crippen molar-refractivity contribution in [2.75, 3.05) is 0 Å². The first-order valence-corrected chi connectivity index (χ1v) is 6.77. The van der Waals surface area contributed by atoms with Crippen LogP contribution in [0.15, 0.2) is 36.4 Å². The van der Waals surface area contributed by atoms with Crippen molar-refractivity contribution >= 4 is 17.3 Å². The molecular weight excluding hydrogens is 294 g/mol. The monoisotopic (exact) mass is 307 g/mol. The summed E-state index contributed by atoms with van der Waals surface area (Å²) in [5.41, 5.74) is 1.40. The number of aliphatic hydroxyl groups excluding tert-OH is 1. The van der Waals surface area contributed by atoms with Crippen LogP contribution in [-0.4, -0.2) is 10.0 Å². The minimum atomic E-state index is -0.482. The van der Waals surface area contributed by atoms with Crippen molar-refractivity contribution in [3.05, 3.63) is 62.7 Å². The number of aliphatic hydroxyl groups is 1. The summed E-state index contributed by atoms with van der Waals surface area (Å²) in [5.74, 6) is 0.442. The maximum Gasteiger partial charge on any atom is 0.311 e. The molecule has 0 heterocycles. The second-order valence-electron chi connectivity index (χ2n) is 4.44. The molecule has 6 heteroatoms. The Morgan fingerprint density at radius 1 is 1.19 bits per heavy atom. The van der Waals surface area contributed by atoms with Gasteiger partial charge in [0.25, 0.3) is 0 Å². The van der Waals surface area contributed by atoms with Crippen LogP contribution in [-0.2, 0) is 13.0 Å². The lowest BCUT2D eigenvalue weighted by atomic mass is 10.1. The molecule has 2 aromatic carbocycles. The Labute approximate surface area is 126 Å². The molecule has 0 atom stereocenters. The predicted octanol–water partition coefficient (Wildman–Crippen LogP) is 4.10. The zero-order valence-corrected chi connectivity index (χ0v) is 12.1. The summed E-state index contributed by atoms with van der Waals surface area (Å²) < 4.78 is 5.55. The van der Waals surface area contributed by atoms with Gasteiger partial charge in [-0.1, -0.05) is 30.7 Å². The van der Waals surface area contributed by atoms with E-state index in [9.17, 15) is 10.1 Å². The highest BCUT2D eigenvalue weighted by Gasteiger charge is 2.17. The number of nitro groups is 1. The van der Waals surface area contributed by atoms with Gasteiger partial charge in [-0.3, -0.25) is 10.1 Å². The SMILES string of the molecule is CCc1ccc(Oc2ccc(CO)cc2Cl)c([N+](=O)[O-])c1. The summed E-state index contributed by atoms with van der Waals surface area (Å²) in [6.07, 6.45) is 0.701. The molecule has 0 aliphatic rings. The molecule has 0 bridgehead atoms. The summed E-state index contributed by atoms with van der Waals surface area (Å²) in [5, 5.41) is 20.4. The van der Waals surface area contributed by atoms with Gasteiger partial charge >= 0.3 is 5.69 Å². The zero-order valence-electron chi connectivity index (χ0n) is 11.4. The molecule has 0 saturated heterocycles. The lowest BCUT2D eigenvalue weighted by Crippen LogP contribution is -1.96. The van der Waals surface area contributed by atoms with Gasteiger partial charge in [0.1, 0.15) is 5.75 Å². The molecule has 1 N–H and O–H groups in total. The van der Waals surface area contributed by atoms with Crippen molar-refractivity contribution in [1.82, 2.24) is 0 Å². The summed E-state index contributed by atoms with van der Waals surface area (Å²) in [7, 11) is 0. The van der Waals surface area contributed by atoms with Crippen molar-refractivity contribution in [2.45, 2.75) is 20.0 Å². The smallest absolute Gasteiger partial charge is 0.311 e. The standard InChI is InChI=1S/C15H14ClNO4/c1-2-10-3-6-15(13(8-10)17(19)20)21-14-5-4-11(9-18)7-12(14)16/h3-8,18H,2,9H2,1H3. The maximum atomic E-state index is 11.1. The summed E-state index contributed by atoms with van der Waals surface area (Å²) >= 11 is 6.04. The Morgan fingerprint density at radius 3 is 2.43 bits per heavy atom. The molecule has 0 aromatic heterocycles. The molecule has 2 aromatic rings.